The number of likely N-dealkylation sites (N-methyl/N-ethyl adjacent to an activating group) is 2. The first-order chi connectivity index (χ1) is 36.5. The van der Waals surface area contributed by atoms with Crippen molar-refractivity contribution in [2.24, 2.45) is 23.7 Å². The number of ketones is 1. The van der Waals surface area contributed by atoms with Crippen molar-refractivity contribution in [2.45, 2.75) is 205 Å². The summed E-state index contributed by atoms with van der Waals surface area (Å²) in [7, 11) is 8.64. The number of carboxylic acid groups (broad SMARTS) is 1. The summed E-state index contributed by atoms with van der Waals surface area (Å²) in [6.45, 7) is 20.8. The number of aliphatic hydroxyl groups is 3. The number of fused-ring (bicyclic) bond motifs is 1. The molecule has 5 N–H and O–H groups in total. The number of nitrogens with zero attached hydrogens (tertiary/aromatic N) is 3. The molecule has 1 amide bonds. The van der Waals surface area contributed by atoms with Crippen LogP contribution in [0, 0.1) is 23.7 Å². The monoisotopic (exact) mass is 1100 g/mol. The van der Waals surface area contributed by atoms with Crippen molar-refractivity contribution >= 4 is 34.7 Å². The number of aryl methyl sites for hydroxylation is 2. The van der Waals surface area contributed by atoms with Gasteiger partial charge in [0.05, 0.1) is 47.6 Å². The van der Waals surface area contributed by atoms with Crippen LogP contribution in [0.3, 0.4) is 0 Å². The van der Waals surface area contributed by atoms with Crippen LogP contribution in [-0.2, 0) is 60.4 Å². The fourth-order valence-corrected chi connectivity index (χ4v) is 12.0. The molecule has 1 aromatic carbocycles. The normalized spacial score (nSPS) is 36.6. The Bertz CT molecular complexity index is 2420. The molecular weight excluding hydrogens is 1010 g/mol. The number of benzene rings is 1. The van der Waals surface area contributed by atoms with Crippen LogP contribution in [0.2, 0.25) is 0 Å². The molecule has 3 aliphatic rings. The van der Waals surface area contributed by atoms with Crippen LogP contribution < -0.4 is 10.7 Å². The van der Waals surface area contributed by atoms with Gasteiger partial charge < -0.3 is 78.0 Å². The molecule has 5 rings (SSSR count). The maximum atomic E-state index is 14.6. The van der Waals surface area contributed by atoms with E-state index >= 15 is 0 Å². The largest absolute Gasteiger partial charge is 0.477 e. The van der Waals surface area contributed by atoms with Gasteiger partial charge in [0.1, 0.15) is 34.8 Å². The number of esters is 1. The van der Waals surface area contributed by atoms with E-state index in [1.165, 1.54) is 34.3 Å². The second-order valence-corrected chi connectivity index (χ2v) is 23.2. The number of aromatic nitrogens is 1. The highest BCUT2D eigenvalue weighted by atomic mass is 16.7. The van der Waals surface area contributed by atoms with Gasteiger partial charge in [-0.3, -0.25) is 14.4 Å². The molecule has 21 heteroatoms. The van der Waals surface area contributed by atoms with Crippen molar-refractivity contribution in [1.82, 2.24) is 19.7 Å². The van der Waals surface area contributed by atoms with Crippen LogP contribution in [0.25, 0.3) is 10.9 Å². The summed E-state index contributed by atoms with van der Waals surface area (Å²) in [5.41, 5.74) is -3.74. The van der Waals surface area contributed by atoms with Gasteiger partial charge >= 0.3 is 18.0 Å². The maximum Gasteiger partial charge on any atom is 0.407 e. The molecule has 0 unspecified atom stereocenters. The topological polar surface area (TPSA) is 264 Å². The standard InChI is InChI=1S/C57H92N4O17/c1-17-42-57(11,70)48(65)33(5)44(62)31(3)28-55(9,71-15)49(77-53-46(64)41(59(12)13)26-32(4)73-53)34(6)47(35(7)52(68)75-42)76-43-29-56(10,72-16)50(36(8)74-43)78-54(69)58-23-25-60(14)24-19-20-37-21-22-40-38(27-37)45(63)39(51(66)67)30-61(40)18-2/h21-22,27,30-36,41-43,46-50,53,64-65,70H,17-20,23-26,28-29H2,1-16H3,(H,58,69)(H,66,67)/t31-,32-,33+,34+,35-,36+,41+,42-,43+,46-,47+,48-,49-,50+,53+,55-,56-,57-/m1/s1. The van der Waals surface area contributed by atoms with Crippen molar-refractivity contribution in [1.29, 1.82) is 0 Å². The lowest BCUT2D eigenvalue weighted by molar-refractivity contribution is -0.319. The highest BCUT2D eigenvalue weighted by molar-refractivity contribution is 5.92. The van der Waals surface area contributed by atoms with Crippen LogP contribution in [0.5, 0.6) is 0 Å². The van der Waals surface area contributed by atoms with Gasteiger partial charge in [-0.25, -0.2) is 9.59 Å². The van der Waals surface area contributed by atoms with Gasteiger partial charge in [-0.05, 0) is 126 Å². The van der Waals surface area contributed by atoms with Gasteiger partial charge in [0.15, 0.2) is 18.7 Å². The van der Waals surface area contributed by atoms with E-state index in [4.69, 9.17) is 37.9 Å². The van der Waals surface area contributed by atoms with Crippen LogP contribution in [0.4, 0.5) is 4.79 Å². The van der Waals surface area contributed by atoms with Gasteiger partial charge in [-0.1, -0.05) is 33.8 Å². The zero-order chi connectivity index (χ0) is 58.4. The highest BCUT2D eigenvalue weighted by Gasteiger charge is 2.55. The number of carbonyl (C=O) groups excluding carboxylic acids is 3. The molecule has 78 heavy (non-hydrogen) atoms. The zero-order valence-electron chi connectivity index (χ0n) is 49.0. The molecule has 18 atom stereocenters. The summed E-state index contributed by atoms with van der Waals surface area (Å²) in [4.78, 5) is 71.0. The van der Waals surface area contributed by atoms with Crippen LogP contribution in [0.1, 0.15) is 124 Å². The first-order valence-corrected chi connectivity index (χ1v) is 27.7. The van der Waals surface area contributed by atoms with Crippen LogP contribution in [0.15, 0.2) is 29.2 Å². The molecule has 2 aromatic rings. The molecule has 21 nitrogen and oxygen atoms in total. The lowest BCUT2D eigenvalue weighted by atomic mass is 9.74. The zero-order valence-corrected chi connectivity index (χ0v) is 49.0. The molecule has 0 radical (unpaired) electrons. The minimum absolute atomic E-state index is 0.0215. The third kappa shape index (κ3) is 14.7. The molecule has 1 aromatic heterocycles. The van der Waals surface area contributed by atoms with Gasteiger partial charge in [0.2, 0.25) is 5.43 Å². The summed E-state index contributed by atoms with van der Waals surface area (Å²) < 4.78 is 53.0. The average Bonchev–Trinajstić information content (AvgIpc) is 3.44. The number of carboxylic acids is 1. The molecule has 3 saturated heterocycles. The lowest BCUT2D eigenvalue weighted by Gasteiger charge is -2.50. The lowest BCUT2D eigenvalue weighted by Crippen LogP contribution is -2.62. The van der Waals surface area contributed by atoms with Crippen molar-refractivity contribution in [3.8, 4) is 0 Å². The number of nitrogens with one attached hydrogen (secondary N) is 1. The van der Waals surface area contributed by atoms with Gasteiger partial charge in [-0.15, -0.1) is 0 Å². The predicted octanol–water partition coefficient (Wildman–Crippen LogP) is 4.77. The Morgan fingerprint density at radius 2 is 1.54 bits per heavy atom. The molecule has 3 fully saturated rings. The Balaban J connectivity index is 1.34. The number of ether oxygens (including phenoxy) is 8. The summed E-state index contributed by atoms with van der Waals surface area (Å²) in [5, 5.41) is 48.1. The quantitative estimate of drug-likeness (QED) is 0.126. The Morgan fingerprint density at radius 1 is 0.885 bits per heavy atom. The fraction of sp³-hybridized carbons (Fsp3) is 0.772. The maximum absolute atomic E-state index is 14.6. The SMILES string of the molecule is CC[C@H]1OC(=O)[C@H](C)[C@@H](O[C@H]2C[C@@](C)(OC)[C@@H](OC(=O)NCCN(C)CCCc3ccc4c(c3)c(=O)c(C(=O)O)cn4CC)[C@H](C)O2)[C@H](C)[C@@H](O[C@@H]2O[C@H](C)C[C@H](N(C)C)[C@H]2O)[C@](C)(OC)C[C@@H](C)C(=O)[C@H](C)[C@@H](O)[C@]1(C)O. The van der Waals surface area contributed by atoms with Gasteiger partial charge in [0, 0.05) is 75.7 Å². The Morgan fingerprint density at radius 3 is 2.14 bits per heavy atom. The number of carbonyl (C=O) groups is 4. The van der Waals surface area contributed by atoms with Crippen molar-refractivity contribution in [3.63, 3.8) is 0 Å². The Labute approximate surface area is 460 Å². The van der Waals surface area contributed by atoms with E-state index in [9.17, 15) is 44.4 Å². The molecule has 3 aliphatic heterocycles. The molecule has 0 saturated carbocycles. The molecule has 4 heterocycles. The van der Waals surface area contributed by atoms with Gasteiger partial charge in [0.25, 0.3) is 0 Å². The molecule has 0 spiro atoms. The van der Waals surface area contributed by atoms with Crippen molar-refractivity contribution < 1.29 is 77.5 Å². The minimum atomic E-state index is -2.03. The van der Waals surface area contributed by atoms with E-state index in [1.807, 2.05) is 58.9 Å². The summed E-state index contributed by atoms with van der Waals surface area (Å²) in [6, 6.07) is 5.23. The molecule has 0 aliphatic carbocycles. The molecular formula is C57H92N4O17. The number of aromatic carboxylic acids is 1. The highest BCUT2D eigenvalue weighted by Crippen LogP contribution is 2.42. The van der Waals surface area contributed by atoms with E-state index in [0.29, 0.717) is 43.4 Å². The van der Waals surface area contributed by atoms with E-state index < -0.39 is 119 Å². The third-order valence-corrected chi connectivity index (χ3v) is 16.9. The number of pyridine rings is 1. The number of aliphatic hydroxyl groups excluding tert-OH is 2. The first kappa shape index (κ1) is 64.7. The Kier molecular flexibility index (Phi) is 22.5. The van der Waals surface area contributed by atoms with Crippen molar-refractivity contribution in [3.05, 3.63) is 45.7 Å². The summed E-state index contributed by atoms with van der Waals surface area (Å²) >= 11 is 0. The fourth-order valence-electron chi connectivity index (χ4n) is 12.0. The summed E-state index contributed by atoms with van der Waals surface area (Å²) in [5.74, 6) is -6.12. The van der Waals surface area contributed by atoms with Crippen LogP contribution >= 0.6 is 0 Å². The van der Waals surface area contributed by atoms with E-state index in [2.05, 4.69) is 10.2 Å². The second kappa shape index (κ2) is 27.1. The number of rotatable bonds is 18. The first-order valence-electron chi connectivity index (χ1n) is 27.7. The minimum Gasteiger partial charge on any atom is -0.477 e. The number of Topliss-reactive ketones (excluding diaryl/α,β-unsaturated/α-hetero) is 1. The number of methoxy groups -OCH3 is 2. The number of hydrogen-bond acceptors (Lipinski definition) is 18. The molecule has 442 valence electrons. The van der Waals surface area contributed by atoms with E-state index in [1.54, 1.807) is 52.2 Å². The van der Waals surface area contributed by atoms with E-state index in [0.717, 1.165) is 12.0 Å². The van der Waals surface area contributed by atoms with Crippen LogP contribution in [-0.4, -0.2) is 198 Å². The number of cyclic esters (lactones) is 1. The number of alkyl carbamates (subject to hydrolysis) is 1. The van der Waals surface area contributed by atoms with E-state index in [-0.39, 0.29) is 49.3 Å². The predicted molar refractivity (Wildman–Crippen MR) is 290 cm³/mol. The van der Waals surface area contributed by atoms with Crippen molar-refractivity contribution in [2.75, 3.05) is 55.0 Å². The van der Waals surface area contributed by atoms with Gasteiger partial charge in [-0.2, -0.15) is 0 Å². The Hall–Kier alpha value is -4.13. The second-order valence-electron chi connectivity index (χ2n) is 23.2. The smallest absolute Gasteiger partial charge is 0.407 e. The molecule has 0 bridgehead atoms. The third-order valence-electron chi connectivity index (χ3n) is 16.9. The number of hydrogen-bond donors (Lipinski definition) is 5. The number of amides is 1. The average molecular weight is 1110 g/mol. The summed E-state index contributed by atoms with van der Waals surface area (Å²) in [6.07, 6.45) is -7.64.